The lowest BCUT2D eigenvalue weighted by Gasteiger charge is -2.12. The van der Waals surface area contributed by atoms with Crippen LogP contribution in [0.1, 0.15) is 39.0 Å². The van der Waals surface area contributed by atoms with Crippen molar-refractivity contribution in [3.8, 4) is 0 Å². The maximum Gasteiger partial charge on any atom is 0.326 e. The summed E-state index contributed by atoms with van der Waals surface area (Å²) in [5.41, 5.74) is 10.4. The summed E-state index contributed by atoms with van der Waals surface area (Å²) in [7, 11) is 0. The van der Waals surface area contributed by atoms with Crippen molar-refractivity contribution in [1.82, 2.24) is 5.32 Å². The van der Waals surface area contributed by atoms with Crippen molar-refractivity contribution in [3.63, 3.8) is 0 Å². The minimum atomic E-state index is -1.10. The van der Waals surface area contributed by atoms with Crippen LogP contribution in [0, 0.1) is 0 Å². The van der Waals surface area contributed by atoms with Crippen LogP contribution in [-0.2, 0) is 9.59 Å². The number of guanidine groups is 1. The molecule has 0 aromatic rings. The summed E-state index contributed by atoms with van der Waals surface area (Å²) in [6.07, 6.45) is 13.0. The number of aliphatic imine (C=N–C) groups is 1. The van der Waals surface area contributed by atoms with Gasteiger partial charge in [0.1, 0.15) is 6.04 Å². The summed E-state index contributed by atoms with van der Waals surface area (Å²) in [5, 5.41) is 20.7. The molecule has 8 heteroatoms. The molecule has 146 valence electrons. The number of nitrogens with one attached hydrogen (secondary N) is 1. The lowest BCUT2D eigenvalue weighted by atomic mass is 10.1. The number of hydrogen-bond acceptors (Lipinski definition) is 4. The van der Waals surface area contributed by atoms with Gasteiger partial charge in [-0.15, -0.1) is 0 Å². The van der Waals surface area contributed by atoms with E-state index >= 15 is 0 Å². The molecule has 0 aliphatic heterocycles. The number of carboxylic acids is 1. The third-order valence-electron chi connectivity index (χ3n) is 3.27. The first-order chi connectivity index (χ1) is 12.3. The summed E-state index contributed by atoms with van der Waals surface area (Å²) in [6, 6.07) is -0.987. The van der Waals surface area contributed by atoms with E-state index in [1.165, 1.54) is 12.2 Å². The topological polar surface area (TPSA) is 151 Å². The molecule has 0 rings (SSSR count). The third kappa shape index (κ3) is 14.9. The minimum absolute atomic E-state index is 0.0485. The summed E-state index contributed by atoms with van der Waals surface area (Å²) in [4.78, 5) is 26.6. The summed E-state index contributed by atoms with van der Waals surface area (Å²) < 4.78 is 0. The molecule has 0 fully saturated rings. The zero-order valence-electron chi connectivity index (χ0n) is 15.2. The Morgan fingerprint density at radius 2 is 1.81 bits per heavy atom. The van der Waals surface area contributed by atoms with Crippen LogP contribution in [-0.4, -0.2) is 46.7 Å². The average molecular weight is 366 g/mol. The van der Waals surface area contributed by atoms with Crippen LogP contribution in [0.15, 0.2) is 41.4 Å². The van der Waals surface area contributed by atoms with Crippen molar-refractivity contribution in [2.75, 3.05) is 6.54 Å². The van der Waals surface area contributed by atoms with E-state index in [-0.39, 0.29) is 18.5 Å². The first kappa shape index (κ1) is 23.4. The highest BCUT2D eigenvalue weighted by Gasteiger charge is 2.17. The van der Waals surface area contributed by atoms with Crippen LogP contribution in [0.25, 0.3) is 0 Å². The van der Waals surface area contributed by atoms with E-state index in [0.29, 0.717) is 13.0 Å². The van der Waals surface area contributed by atoms with Crippen LogP contribution in [0.4, 0.5) is 0 Å². The largest absolute Gasteiger partial charge is 0.480 e. The van der Waals surface area contributed by atoms with Crippen LogP contribution < -0.4 is 16.8 Å². The number of carbonyl (C=O) groups excluding carboxylic acids is 1. The Bertz CT molecular complexity index is 535. The van der Waals surface area contributed by atoms with Gasteiger partial charge in [0.05, 0.1) is 6.10 Å². The van der Waals surface area contributed by atoms with Gasteiger partial charge in [0.25, 0.3) is 0 Å². The molecule has 0 aliphatic carbocycles. The van der Waals surface area contributed by atoms with Gasteiger partial charge in [0.15, 0.2) is 5.96 Å². The maximum atomic E-state index is 11.7. The van der Waals surface area contributed by atoms with Gasteiger partial charge in [0.2, 0.25) is 5.91 Å². The van der Waals surface area contributed by atoms with E-state index in [1.54, 1.807) is 19.1 Å². The third-order valence-corrected chi connectivity index (χ3v) is 3.27. The van der Waals surface area contributed by atoms with E-state index in [0.717, 1.165) is 19.3 Å². The predicted molar refractivity (Wildman–Crippen MR) is 102 cm³/mol. The van der Waals surface area contributed by atoms with E-state index in [2.05, 4.69) is 10.3 Å². The second-order valence-corrected chi connectivity index (χ2v) is 5.80. The number of carbonyl (C=O) groups is 2. The molecule has 0 unspecified atom stereocenters. The van der Waals surface area contributed by atoms with Gasteiger partial charge < -0.3 is 27.0 Å². The van der Waals surface area contributed by atoms with E-state index in [1.807, 2.05) is 12.2 Å². The van der Waals surface area contributed by atoms with Gasteiger partial charge in [-0.2, -0.15) is 0 Å². The molecule has 0 radical (unpaired) electrons. The van der Waals surface area contributed by atoms with Crippen LogP contribution in [0.3, 0.4) is 0 Å². The first-order valence-corrected chi connectivity index (χ1v) is 8.59. The van der Waals surface area contributed by atoms with Gasteiger partial charge in [-0.1, -0.05) is 30.4 Å². The fourth-order valence-electron chi connectivity index (χ4n) is 1.96. The quantitative estimate of drug-likeness (QED) is 0.107. The Labute approximate surface area is 154 Å². The van der Waals surface area contributed by atoms with Crippen molar-refractivity contribution < 1.29 is 19.8 Å². The molecule has 0 heterocycles. The molecule has 7 N–H and O–H groups in total. The zero-order valence-corrected chi connectivity index (χ0v) is 15.2. The highest BCUT2D eigenvalue weighted by molar-refractivity contribution is 5.91. The van der Waals surface area contributed by atoms with Gasteiger partial charge in [-0.3, -0.25) is 9.79 Å². The second kappa shape index (κ2) is 14.7. The van der Waals surface area contributed by atoms with Gasteiger partial charge in [-0.25, -0.2) is 4.79 Å². The standard InChI is InChI=1S/C18H30N4O4/c1-14(23)10-7-5-3-2-4-6-8-12-16(24)22-15(17(25)26)11-9-13-21-18(19)20/h2-4,6,8,12,14-15,23H,5,7,9-11,13H2,1H3,(H,22,24)(H,25,26)(H4,19,20,21)/b3-2-,6-4-,12-8+/t14-,15-/m0/s1. The normalized spacial score (nSPS) is 13.9. The monoisotopic (exact) mass is 366 g/mol. The Kier molecular flexibility index (Phi) is 13.2. The highest BCUT2D eigenvalue weighted by atomic mass is 16.4. The summed E-state index contributed by atoms with van der Waals surface area (Å²) >= 11 is 0. The number of unbranched alkanes of at least 4 members (excludes halogenated alkanes) is 1. The summed E-state index contributed by atoms with van der Waals surface area (Å²) in [6.45, 7) is 2.07. The Morgan fingerprint density at radius 1 is 1.12 bits per heavy atom. The number of aliphatic hydroxyl groups excluding tert-OH is 1. The van der Waals surface area contributed by atoms with Gasteiger partial charge >= 0.3 is 5.97 Å². The molecular formula is C18H30N4O4. The molecule has 0 aliphatic rings. The summed E-state index contributed by atoms with van der Waals surface area (Å²) in [5.74, 6) is -1.63. The number of aliphatic carboxylic acids is 1. The van der Waals surface area contributed by atoms with Crippen LogP contribution in [0.5, 0.6) is 0 Å². The van der Waals surface area contributed by atoms with E-state index in [4.69, 9.17) is 21.7 Å². The fraction of sp³-hybridized carbons (Fsp3) is 0.500. The lowest BCUT2D eigenvalue weighted by Crippen LogP contribution is -2.40. The molecule has 0 bridgehead atoms. The van der Waals surface area contributed by atoms with Crippen LogP contribution >= 0.6 is 0 Å². The molecule has 1 amide bonds. The van der Waals surface area contributed by atoms with Crippen molar-refractivity contribution in [2.24, 2.45) is 16.5 Å². The molecule has 0 aromatic carbocycles. The van der Waals surface area contributed by atoms with Crippen molar-refractivity contribution in [2.45, 2.75) is 51.2 Å². The Hall–Kier alpha value is -2.61. The predicted octanol–water partition coefficient (Wildman–Crippen LogP) is 0.829. The highest BCUT2D eigenvalue weighted by Crippen LogP contribution is 2.01. The molecular weight excluding hydrogens is 336 g/mol. The number of rotatable bonds is 13. The van der Waals surface area contributed by atoms with Crippen molar-refractivity contribution in [1.29, 1.82) is 0 Å². The van der Waals surface area contributed by atoms with Gasteiger partial charge in [-0.05, 0) is 39.0 Å². The van der Waals surface area contributed by atoms with Crippen LogP contribution in [0.2, 0.25) is 0 Å². The van der Waals surface area contributed by atoms with E-state index in [9.17, 15) is 9.59 Å². The minimum Gasteiger partial charge on any atom is -0.480 e. The molecule has 0 saturated carbocycles. The molecule has 26 heavy (non-hydrogen) atoms. The number of nitrogens with two attached hydrogens (primary N) is 2. The smallest absolute Gasteiger partial charge is 0.326 e. The number of nitrogens with zero attached hydrogens (tertiary/aromatic N) is 1. The number of carboxylic acid groups (broad SMARTS) is 1. The molecule has 2 atom stereocenters. The number of amides is 1. The fourth-order valence-corrected chi connectivity index (χ4v) is 1.96. The lowest BCUT2D eigenvalue weighted by molar-refractivity contribution is -0.141. The van der Waals surface area contributed by atoms with Crippen molar-refractivity contribution in [3.05, 3.63) is 36.5 Å². The first-order valence-electron chi connectivity index (χ1n) is 8.59. The van der Waals surface area contributed by atoms with Gasteiger partial charge in [0, 0.05) is 12.6 Å². The zero-order chi connectivity index (χ0) is 19.8. The number of hydrogen-bond donors (Lipinski definition) is 5. The molecule has 0 spiro atoms. The SMILES string of the molecule is C[C@H](O)CCC\C=C/C=C\C=C\C(=O)N[C@@H](CCCN=C(N)N)C(=O)O. The Balaban J connectivity index is 4.15. The maximum absolute atomic E-state index is 11.7. The molecule has 8 nitrogen and oxygen atoms in total. The number of aliphatic hydroxyl groups is 1. The second-order valence-electron chi connectivity index (χ2n) is 5.80. The van der Waals surface area contributed by atoms with E-state index < -0.39 is 17.9 Å². The Morgan fingerprint density at radius 3 is 2.42 bits per heavy atom. The molecule has 0 aromatic heterocycles. The average Bonchev–Trinajstić information content (AvgIpc) is 2.55. The molecule has 0 saturated heterocycles. The number of allylic oxidation sites excluding steroid dienone is 5. The van der Waals surface area contributed by atoms with Crippen molar-refractivity contribution >= 4 is 17.8 Å².